The molecule has 0 saturated carbocycles. The molecule has 3 aromatic carbocycles. The van der Waals surface area contributed by atoms with Gasteiger partial charge in [0.2, 0.25) is 10.0 Å². The Hall–Kier alpha value is -2.57. The van der Waals surface area contributed by atoms with Gasteiger partial charge in [-0.1, -0.05) is 24.3 Å². The molecule has 3 aromatic rings. The maximum atomic E-state index is 12.6. The molecular formula is C21H23NO4S. The summed E-state index contributed by atoms with van der Waals surface area (Å²) in [4.78, 5) is 0.236. The Morgan fingerprint density at radius 2 is 1.52 bits per heavy atom. The molecule has 0 saturated heterocycles. The molecule has 0 heterocycles. The average Bonchev–Trinajstić information content (AvgIpc) is 2.66. The highest BCUT2D eigenvalue weighted by Gasteiger charge is 2.14. The third-order valence-electron chi connectivity index (χ3n) is 4.09. The van der Waals surface area contributed by atoms with Crippen LogP contribution in [-0.2, 0) is 16.6 Å². The van der Waals surface area contributed by atoms with E-state index in [1.807, 2.05) is 56.3 Å². The van der Waals surface area contributed by atoms with E-state index in [-0.39, 0.29) is 17.5 Å². The second-order valence-electron chi connectivity index (χ2n) is 6.51. The second kappa shape index (κ2) is 7.98. The van der Waals surface area contributed by atoms with E-state index in [4.69, 9.17) is 9.47 Å². The standard InChI is InChI=1S/C21H23NO4S/c1-15(2)26-19-8-4-16(5-9-19)14-22-27(23,24)21-11-7-17-12-20(25-3)10-6-18(17)13-21/h4-13,15,22H,14H2,1-3H3. The monoisotopic (exact) mass is 385 g/mol. The second-order valence-corrected chi connectivity index (χ2v) is 8.28. The van der Waals surface area contributed by atoms with Crippen LogP contribution in [0.2, 0.25) is 0 Å². The Morgan fingerprint density at radius 1 is 0.889 bits per heavy atom. The van der Waals surface area contributed by atoms with E-state index < -0.39 is 10.0 Å². The molecule has 0 aliphatic rings. The van der Waals surface area contributed by atoms with Gasteiger partial charge in [-0.3, -0.25) is 0 Å². The summed E-state index contributed by atoms with van der Waals surface area (Å²) in [6.07, 6.45) is 0.0993. The van der Waals surface area contributed by atoms with Crippen molar-refractivity contribution in [2.45, 2.75) is 31.4 Å². The Labute approximate surface area is 160 Å². The maximum Gasteiger partial charge on any atom is 0.240 e. The van der Waals surface area contributed by atoms with Gasteiger partial charge < -0.3 is 9.47 Å². The van der Waals surface area contributed by atoms with Crippen LogP contribution in [0.1, 0.15) is 19.4 Å². The van der Waals surface area contributed by atoms with Crippen LogP contribution in [0.3, 0.4) is 0 Å². The molecule has 0 radical (unpaired) electrons. The Balaban J connectivity index is 1.73. The molecule has 0 fully saturated rings. The zero-order valence-electron chi connectivity index (χ0n) is 15.6. The topological polar surface area (TPSA) is 64.6 Å². The van der Waals surface area contributed by atoms with Crippen molar-refractivity contribution < 1.29 is 17.9 Å². The molecule has 0 aliphatic carbocycles. The van der Waals surface area contributed by atoms with Crippen LogP contribution >= 0.6 is 0 Å². The summed E-state index contributed by atoms with van der Waals surface area (Å²) in [5.74, 6) is 1.50. The molecule has 0 amide bonds. The molecule has 3 rings (SSSR count). The van der Waals surface area contributed by atoms with E-state index >= 15 is 0 Å². The third kappa shape index (κ3) is 4.78. The number of ether oxygens (including phenoxy) is 2. The first-order valence-corrected chi connectivity index (χ1v) is 10.2. The fourth-order valence-electron chi connectivity index (χ4n) is 2.72. The summed E-state index contributed by atoms with van der Waals surface area (Å²) in [6.45, 7) is 4.13. The third-order valence-corrected chi connectivity index (χ3v) is 5.49. The fourth-order valence-corrected chi connectivity index (χ4v) is 3.77. The molecule has 0 bridgehead atoms. The minimum atomic E-state index is -3.61. The van der Waals surface area contributed by atoms with E-state index in [1.165, 1.54) is 0 Å². The smallest absolute Gasteiger partial charge is 0.240 e. The molecule has 0 atom stereocenters. The SMILES string of the molecule is COc1ccc2cc(S(=O)(=O)NCc3ccc(OC(C)C)cc3)ccc2c1. The van der Waals surface area contributed by atoms with Gasteiger partial charge in [0, 0.05) is 6.54 Å². The van der Waals surface area contributed by atoms with Gasteiger partial charge in [-0.05, 0) is 66.6 Å². The highest BCUT2D eigenvalue weighted by Crippen LogP contribution is 2.24. The van der Waals surface area contributed by atoms with Crippen LogP contribution in [0.15, 0.2) is 65.6 Å². The number of hydrogen-bond acceptors (Lipinski definition) is 4. The van der Waals surface area contributed by atoms with Crippen molar-refractivity contribution in [3.63, 3.8) is 0 Å². The number of hydrogen-bond donors (Lipinski definition) is 1. The molecule has 6 heteroatoms. The van der Waals surface area contributed by atoms with Crippen molar-refractivity contribution in [3.8, 4) is 11.5 Å². The van der Waals surface area contributed by atoms with Crippen LogP contribution in [0, 0.1) is 0 Å². The van der Waals surface area contributed by atoms with E-state index in [2.05, 4.69) is 4.72 Å². The van der Waals surface area contributed by atoms with Gasteiger partial charge >= 0.3 is 0 Å². The lowest BCUT2D eigenvalue weighted by Crippen LogP contribution is -2.23. The van der Waals surface area contributed by atoms with E-state index in [0.29, 0.717) is 0 Å². The lowest BCUT2D eigenvalue weighted by Gasteiger charge is -2.11. The van der Waals surface area contributed by atoms with E-state index in [9.17, 15) is 8.42 Å². The summed E-state index contributed by atoms with van der Waals surface area (Å²) >= 11 is 0. The molecule has 1 N–H and O–H groups in total. The predicted octanol–water partition coefficient (Wildman–Crippen LogP) is 4.11. The van der Waals surface area contributed by atoms with Crippen molar-refractivity contribution in [2.75, 3.05) is 7.11 Å². The molecule has 0 spiro atoms. The normalized spacial score (nSPS) is 11.7. The largest absolute Gasteiger partial charge is 0.497 e. The van der Waals surface area contributed by atoms with Gasteiger partial charge in [-0.15, -0.1) is 0 Å². The van der Waals surface area contributed by atoms with E-state index in [0.717, 1.165) is 27.8 Å². The lowest BCUT2D eigenvalue weighted by atomic mass is 10.1. The van der Waals surface area contributed by atoms with Crippen molar-refractivity contribution in [2.24, 2.45) is 0 Å². The Morgan fingerprint density at radius 3 is 2.19 bits per heavy atom. The number of benzene rings is 3. The predicted molar refractivity (Wildman–Crippen MR) is 107 cm³/mol. The van der Waals surface area contributed by atoms with Crippen molar-refractivity contribution in [1.82, 2.24) is 4.72 Å². The minimum absolute atomic E-state index is 0.0993. The number of nitrogens with one attached hydrogen (secondary N) is 1. The fraction of sp³-hybridized carbons (Fsp3) is 0.238. The molecule has 0 aliphatic heterocycles. The summed E-state index contributed by atoms with van der Waals surface area (Å²) < 4.78 is 38.7. The van der Waals surface area contributed by atoms with Crippen LogP contribution in [0.25, 0.3) is 10.8 Å². The summed E-state index contributed by atoms with van der Waals surface area (Å²) in [7, 11) is -2.00. The first-order valence-electron chi connectivity index (χ1n) is 8.70. The van der Waals surface area contributed by atoms with Crippen molar-refractivity contribution in [1.29, 1.82) is 0 Å². The van der Waals surface area contributed by atoms with E-state index in [1.54, 1.807) is 25.3 Å². The highest BCUT2D eigenvalue weighted by atomic mass is 32.2. The van der Waals surface area contributed by atoms with Crippen LogP contribution in [0.4, 0.5) is 0 Å². The minimum Gasteiger partial charge on any atom is -0.497 e. The molecule has 5 nitrogen and oxygen atoms in total. The Kier molecular flexibility index (Phi) is 5.68. The molecule has 0 aromatic heterocycles. The number of sulfonamides is 1. The van der Waals surface area contributed by atoms with Gasteiger partial charge in [0.15, 0.2) is 0 Å². The average molecular weight is 385 g/mol. The summed E-state index contributed by atoms with van der Waals surface area (Å²) in [6, 6.07) is 18.0. The number of rotatable bonds is 7. The molecule has 27 heavy (non-hydrogen) atoms. The molecule has 0 unspecified atom stereocenters. The molecular weight excluding hydrogens is 362 g/mol. The summed E-state index contributed by atoms with van der Waals surface area (Å²) in [5, 5.41) is 1.77. The van der Waals surface area contributed by atoms with Crippen LogP contribution in [0.5, 0.6) is 11.5 Å². The van der Waals surface area contributed by atoms with Crippen LogP contribution in [-0.4, -0.2) is 21.6 Å². The maximum absolute atomic E-state index is 12.6. The highest BCUT2D eigenvalue weighted by molar-refractivity contribution is 7.89. The number of methoxy groups -OCH3 is 1. The first-order chi connectivity index (χ1) is 12.9. The van der Waals surface area contributed by atoms with Crippen molar-refractivity contribution in [3.05, 3.63) is 66.2 Å². The van der Waals surface area contributed by atoms with Gasteiger partial charge in [0.05, 0.1) is 18.1 Å². The van der Waals surface area contributed by atoms with Gasteiger partial charge in [-0.25, -0.2) is 13.1 Å². The summed E-state index contributed by atoms with van der Waals surface area (Å²) in [5.41, 5.74) is 0.861. The zero-order chi connectivity index (χ0) is 19.4. The van der Waals surface area contributed by atoms with Crippen molar-refractivity contribution >= 4 is 20.8 Å². The quantitative estimate of drug-likeness (QED) is 0.665. The molecule has 142 valence electrons. The first kappa shape index (κ1) is 19.2. The van der Waals surface area contributed by atoms with Gasteiger partial charge in [-0.2, -0.15) is 0 Å². The van der Waals surface area contributed by atoms with Gasteiger partial charge in [0.1, 0.15) is 11.5 Å². The Bertz CT molecular complexity index is 1030. The lowest BCUT2D eigenvalue weighted by molar-refractivity contribution is 0.242. The number of fused-ring (bicyclic) bond motifs is 1. The van der Waals surface area contributed by atoms with Gasteiger partial charge in [0.25, 0.3) is 0 Å². The zero-order valence-corrected chi connectivity index (χ0v) is 16.4. The van der Waals surface area contributed by atoms with Crippen LogP contribution < -0.4 is 14.2 Å².